The van der Waals surface area contributed by atoms with Crippen molar-refractivity contribution in [3.05, 3.63) is 23.8 Å². The monoisotopic (exact) mass is 293 g/mol. The predicted octanol–water partition coefficient (Wildman–Crippen LogP) is -1.84. The van der Waals surface area contributed by atoms with E-state index >= 15 is 0 Å². The van der Waals surface area contributed by atoms with Gasteiger partial charge in [0.05, 0.1) is 0 Å². The van der Waals surface area contributed by atoms with Crippen molar-refractivity contribution in [1.82, 2.24) is 0 Å². The SMILES string of the molecule is COC(=O)c1ccc2c(c1)O[I-]O2. The Morgan fingerprint density at radius 2 is 2.15 bits per heavy atom. The van der Waals surface area contributed by atoms with Crippen molar-refractivity contribution >= 4 is 5.97 Å². The minimum atomic E-state index is -0.677. The van der Waals surface area contributed by atoms with E-state index in [0.717, 1.165) is 0 Å². The summed E-state index contributed by atoms with van der Waals surface area (Å²) in [6, 6.07) is 5.01. The van der Waals surface area contributed by atoms with Gasteiger partial charge in [-0.3, -0.25) is 0 Å². The number of rotatable bonds is 1. The Hall–Kier alpha value is -0.980. The molecule has 0 aliphatic carbocycles. The number of methoxy groups -OCH3 is 1. The van der Waals surface area contributed by atoms with Crippen LogP contribution in [0.15, 0.2) is 18.2 Å². The van der Waals surface area contributed by atoms with E-state index in [2.05, 4.69) is 4.74 Å². The Bertz CT molecular complexity index is 350. The number of fused-ring (bicyclic) bond motifs is 1. The average molecular weight is 293 g/mol. The standard InChI is InChI=1S/C8H6IO4/c1-11-8(10)5-2-3-6-7(4-5)13-9-12-6/h2-4H,1H3/q-1. The molecule has 1 aromatic carbocycles. The van der Waals surface area contributed by atoms with Crippen LogP contribution in [0.2, 0.25) is 0 Å². The van der Waals surface area contributed by atoms with Gasteiger partial charge < -0.3 is 0 Å². The number of ether oxygens (including phenoxy) is 1. The molecule has 1 aromatic rings. The molecule has 0 saturated carbocycles. The summed E-state index contributed by atoms with van der Waals surface area (Å²) in [5.74, 6) is 0.979. The molecule has 1 aliphatic heterocycles. The van der Waals surface area contributed by atoms with E-state index in [1.165, 1.54) is 7.11 Å². The van der Waals surface area contributed by atoms with Crippen LogP contribution in [-0.2, 0) is 4.74 Å². The molecule has 0 atom stereocenters. The van der Waals surface area contributed by atoms with Crippen molar-refractivity contribution in [3.63, 3.8) is 0 Å². The molecule has 0 amide bonds. The molecule has 0 unspecified atom stereocenters. The van der Waals surface area contributed by atoms with Gasteiger partial charge in [0.1, 0.15) is 0 Å². The summed E-state index contributed by atoms with van der Waals surface area (Å²) in [7, 11) is 1.35. The van der Waals surface area contributed by atoms with Gasteiger partial charge in [0.25, 0.3) is 0 Å². The number of benzene rings is 1. The molecule has 4 nitrogen and oxygen atoms in total. The Labute approximate surface area is 86.1 Å². The molecular formula is C8H6IO4-. The molecule has 13 heavy (non-hydrogen) atoms. The third-order valence-electron chi connectivity index (χ3n) is 1.59. The zero-order valence-corrected chi connectivity index (χ0v) is 8.90. The Kier molecular flexibility index (Phi) is 2.26. The van der Waals surface area contributed by atoms with Crippen LogP contribution in [-0.4, -0.2) is 13.1 Å². The summed E-state index contributed by atoms with van der Waals surface area (Å²) in [6.45, 7) is 0. The molecule has 0 bridgehead atoms. The Balaban J connectivity index is 2.36. The van der Waals surface area contributed by atoms with E-state index in [4.69, 9.17) is 6.13 Å². The van der Waals surface area contributed by atoms with Crippen LogP contribution < -0.4 is 28.2 Å². The van der Waals surface area contributed by atoms with Crippen LogP contribution in [0.3, 0.4) is 0 Å². The summed E-state index contributed by atoms with van der Waals surface area (Å²) in [6.07, 6.45) is 0. The first-order chi connectivity index (χ1) is 6.31. The second kappa shape index (κ2) is 3.41. The fraction of sp³-hybridized carbons (Fsp3) is 0.125. The maximum absolute atomic E-state index is 11.1. The number of carbonyl (C=O) groups excluding carboxylic acids is 1. The second-order valence-electron chi connectivity index (χ2n) is 2.37. The van der Waals surface area contributed by atoms with Gasteiger partial charge in [0, 0.05) is 0 Å². The van der Waals surface area contributed by atoms with Crippen LogP contribution >= 0.6 is 0 Å². The molecule has 0 radical (unpaired) electrons. The predicted molar refractivity (Wildman–Crippen MR) is 39.0 cm³/mol. The van der Waals surface area contributed by atoms with E-state index < -0.39 is 22.0 Å². The molecule has 0 aromatic heterocycles. The number of halogens is 1. The normalized spacial score (nSPS) is 13.3. The van der Waals surface area contributed by atoms with Crippen molar-refractivity contribution in [1.29, 1.82) is 0 Å². The molecule has 0 saturated heterocycles. The van der Waals surface area contributed by atoms with Crippen molar-refractivity contribution < 1.29 is 37.7 Å². The molecule has 0 spiro atoms. The van der Waals surface area contributed by atoms with E-state index in [1.54, 1.807) is 18.2 Å². The van der Waals surface area contributed by atoms with Gasteiger partial charge in [0.15, 0.2) is 0 Å². The fourth-order valence-electron chi connectivity index (χ4n) is 0.961. The van der Waals surface area contributed by atoms with Gasteiger partial charge in [-0.05, 0) is 0 Å². The molecule has 1 heterocycles. The maximum atomic E-state index is 11.1. The van der Waals surface area contributed by atoms with Gasteiger partial charge >= 0.3 is 86.0 Å². The number of hydrogen-bond acceptors (Lipinski definition) is 4. The van der Waals surface area contributed by atoms with Crippen LogP contribution in [0, 0.1) is 0 Å². The Morgan fingerprint density at radius 3 is 2.92 bits per heavy atom. The number of hydrogen-bond donors (Lipinski definition) is 0. The van der Waals surface area contributed by atoms with Crippen LogP contribution in [0.25, 0.3) is 0 Å². The second-order valence-corrected chi connectivity index (χ2v) is 3.61. The first-order valence-corrected chi connectivity index (χ1v) is 5.28. The molecule has 5 heteroatoms. The first kappa shape index (κ1) is 8.61. The number of esters is 1. The van der Waals surface area contributed by atoms with E-state index in [1.807, 2.05) is 0 Å². The van der Waals surface area contributed by atoms with Gasteiger partial charge in [-0.1, -0.05) is 0 Å². The fourth-order valence-corrected chi connectivity index (χ4v) is 2.15. The van der Waals surface area contributed by atoms with Crippen LogP contribution in [0.4, 0.5) is 0 Å². The van der Waals surface area contributed by atoms with Crippen molar-refractivity contribution in [2.24, 2.45) is 0 Å². The molecular weight excluding hydrogens is 287 g/mol. The van der Waals surface area contributed by atoms with Crippen molar-refractivity contribution in [3.8, 4) is 11.5 Å². The molecule has 0 fully saturated rings. The third-order valence-corrected chi connectivity index (χ3v) is 2.90. The van der Waals surface area contributed by atoms with Gasteiger partial charge in [-0.2, -0.15) is 0 Å². The minimum absolute atomic E-state index is 0.364. The van der Waals surface area contributed by atoms with Crippen LogP contribution in [0.5, 0.6) is 11.5 Å². The Morgan fingerprint density at radius 1 is 1.38 bits per heavy atom. The van der Waals surface area contributed by atoms with Gasteiger partial charge in [0.2, 0.25) is 0 Å². The molecule has 2 rings (SSSR count). The first-order valence-electron chi connectivity index (χ1n) is 3.52. The molecule has 1 aliphatic rings. The van der Waals surface area contributed by atoms with E-state index in [-0.39, 0.29) is 5.97 Å². The van der Waals surface area contributed by atoms with E-state index in [9.17, 15) is 4.79 Å². The zero-order valence-electron chi connectivity index (χ0n) is 6.74. The van der Waals surface area contributed by atoms with Gasteiger partial charge in [-0.15, -0.1) is 0 Å². The number of carbonyl (C=O) groups is 1. The summed E-state index contributed by atoms with van der Waals surface area (Å²) in [5.41, 5.74) is 0.482. The van der Waals surface area contributed by atoms with Gasteiger partial charge in [-0.25, -0.2) is 0 Å². The summed E-state index contributed by atoms with van der Waals surface area (Å²) in [5, 5.41) is 0. The molecule has 70 valence electrons. The zero-order chi connectivity index (χ0) is 9.26. The third kappa shape index (κ3) is 1.55. The quantitative estimate of drug-likeness (QED) is 0.451. The average Bonchev–Trinajstić information content (AvgIpc) is 2.63. The van der Waals surface area contributed by atoms with Crippen molar-refractivity contribution in [2.45, 2.75) is 0 Å². The topological polar surface area (TPSA) is 44.8 Å². The van der Waals surface area contributed by atoms with Crippen LogP contribution in [0.1, 0.15) is 10.4 Å². The summed E-state index contributed by atoms with van der Waals surface area (Å²) in [4.78, 5) is 11.1. The summed E-state index contributed by atoms with van der Waals surface area (Å²) >= 11 is -0.677. The molecule has 0 N–H and O–H groups in total. The van der Waals surface area contributed by atoms with Crippen molar-refractivity contribution in [2.75, 3.05) is 7.11 Å². The summed E-state index contributed by atoms with van der Waals surface area (Å²) < 4.78 is 15.0. The van der Waals surface area contributed by atoms with E-state index in [0.29, 0.717) is 17.1 Å².